The average molecular weight is 327 g/mol. The van der Waals surface area contributed by atoms with Crippen LogP contribution in [0, 0.1) is 0 Å². The lowest BCUT2D eigenvalue weighted by molar-refractivity contribution is -0.124. The van der Waals surface area contributed by atoms with Crippen LogP contribution in [-0.2, 0) is 11.3 Å². The molecule has 3 aromatic rings. The molecule has 0 fully saturated rings. The quantitative estimate of drug-likeness (QED) is 0.422. The van der Waals surface area contributed by atoms with Crippen LogP contribution in [0.5, 0.6) is 0 Å². The lowest BCUT2D eigenvalue weighted by Crippen LogP contribution is -2.14. The van der Waals surface area contributed by atoms with Gasteiger partial charge in [0, 0.05) is 6.08 Å². The molecule has 2 N–H and O–H groups in total. The van der Waals surface area contributed by atoms with Crippen molar-refractivity contribution in [1.82, 2.24) is 25.5 Å². The number of carbonyl (C=O) groups excluding carboxylic acids is 1. The van der Waals surface area contributed by atoms with E-state index in [0.717, 1.165) is 17.2 Å². The Morgan fingerprint density at radius 1 is 1.46 bits per heavy atom. The van der Waals surface area contributed by atoms with E-state index in [9.17, 15) is 4.79 Å². The summed E-state index contributed by atoms with van der Waals surface area (Å²) in [5.74, 6) is 0.313. The fourth-order valence-electron chi connectivity index (χ4n) is 2.22. The van der Waals surface area contributed by atoms with Gasteiger partial charge in [-0.15, -0.1) is 5.10 Å². The van der Waals surface area contributed by atoms with Gasteiger partial charge in [-0.05, 0) is 29.7 Å². The largest absolute Gasteiger partial charge is 0.439 e. The summed E-state index contributed by atoms with van der Waals surface area (Å²) in [4.78, 5) is 15.4. The number of hydrogen-bond donors (Lipinski definition) is 2. The van der Waals surface area contributed by atoms with Gasteiger partial charge in [0.2, 0.25) is 5.89 Å². The van der Waals surface area contributed by atoms with Crippen LogP contribution in [0.15, 0.2) is 34.9 Å². The molecule has 0 aliphatic carbocycles. The minimum Gasteiger partial charge on any atom is -0.439 e. The number of amides is 1. The van der Waals surface area contributed by atoms with Gasteiger partial charge in [-0.3, -0.25) is 10.0 Å². The number of carbonyl (C=O) groups is 1. The molecule has 0 aliphatic rings. The Kier molecular flexibility index (Phi) is 4.39. The Morgan fingerprint density at radius 3 is 3.04 bits per heavy atom. The molecule has 1 amide bonds. The summed E-state index contributed by atoms with van der Waals surface area (Å²) in [6, 6.07) is 5.99. The van der Waals surface area contributed by atoms with Gasteiger partial charge in [-0.1, -0.05) is 25.1 Å². The van der Waals surface area contributed by atoms with Gasteiger partial charge in [0.25, 0.3) is 5.91 Å². The second kappa shape index (κ2) is 6.63. The summed E-state index contributed by atoms with van der Waals surface area (Å²) in [5.41, 5.74) is 4.73. The van der Waals surface area contributed by atoms with Crippen molar-refractivity contribution in [2.45, 2.75) is 26.3 Å². The van der Waals surface area contributed by atoms with Gasteiger partial charge in [0.05, 0.1) is 6.20 Å². The molecule has 24 heavy (non-hydrogen) atoms. The fraction of sp³-hybridized carbons (Fsp3) is 0.250. The SMILES string of the molecule is CC(C)c1ccc2nc(Cn3cc(C=CC(=O)NO)nn3)oc2c1. The molecule has 0 bridgehead atoms. The maximum absolute atomic E-state index is 10.9. The van der Waals surface area contributed by atoms with E-state index in [1.807, 2.05) is 18.2 Å². The zero-order valence-corrected chi connectivity index (χ0v) is 13.3. The molecule has 3 rings (SSSR count). The third kappa shape index (κ3) is 3.49. The third-order valence-electron chi connectivity index (χ3n) is 3.49. The Labute approximate surface area is 137 Å². The Morgan fingerprint density at radius 2 is 2.29 bits per heavy atom. The molecule has 0 radical (unpaired) electrons. The zero-order valence-electron chi connectivity index (χ0n) is 13.3. The molecule has 0 aliphatic heterocycles. The molecule has 0 unspecified atom stereocenters. The van der Waals surface area contributed by atoms with E-state index in [4.69, 9.17) is 9.62 Å². The molecule has 0 atom stereocenters. The highest BCUT2D eigenvalue weighted by atomic mass is 16.5. The van der Waals surface area contributed by atoms with Crippen molar-refractivity contribution >= 4 is 23.1 Å². The number of nitrogens with one attached hydrogen (secondary N) is 1. The predicted molar refractivity (Wildman–Crippen MR) is 86.2 cm³/mol. The average Bonchev–Trinajstić information content (AvgIpc) is 3.17. The van der Waals surface area contributed by atoms with E-state index < -0.39 is 5.91 Å². The number of benzene rings is 1. The maximum Gasteiger partial charge on any atom is 0.267 e. The van der Waals surface area contributed by atoms with Gasteiger partial charge in [0.15, 0.2) is 5.58 Å². The first-order chi connectivity index (χ1) is 11.5. The van der Waals surface area contributed by atoms with Crippen molar-refractivity contribution in [3.8, 4) is 0 Å². The Hall–Kier alpha value is -3.00. The monoisotopic (exact) mass is 327 g/mol. The first kappa shape index (κ1) is 15.9. The van der Waals surface area contributed by atoms with Crippen LogP contribution in [0.2, 0.25) is 0 Å². The van der Waals surface area contributed by atoms with E-state index in [-0.39, 0.29) is 0 Å². The highest BCUT2D eigenvalue weighted by molar-refractivity contribution is 5.90. The predicted octanol–water partition coefficient (Wildman–Crippen LogP) is 2.11. The Bertz CT molecular complexity index is 894. The molecule has 1 aromatic carbocycles. The van der Waals surface area contributed by atoms with Crippen molar-refractivity contribution in [3.63, 3.8) is 0 Å². The fourth-order valence-corrected chi connectivity index (χ4v) is 2.22. The summed E-state index contributed by atoms with van der Waals surface area (Å²) in [6.07, 6.45) is 4.24. The number of oxazole rings is 1. The first-order valence-electron chi connectivity index (χ1n) is 7.47. The number of rotatable bonds is 5. The number of nitrogens with zero attached hydrogens (tertiary/aromatic N) is 4. The molecule has 0 spiro atoms. The van der Waals surface area contributed by atoms with Gasteiger partial charge >= 0.3 is 0 Å². The van der Waals surface area contributed by atoms with Crippen molar-refractivity contribution < 1.29 is 14.4 Å². The Balaban J connectivity index is 1.76. The normalized spacial score (nSPS) is 11.7. The third-order valence-corrected chi connectivity index (χ3v) is 3.49. The number of aromatic nitrogens is 4. The van der Waals surface area contributed by atoms with E-state index in [1.54, 1.807) is 10.9 Å². The number of hydrogen-bond acceptors (Lipinski definition) is 6. The second-order valence-electron chi connectivity index (χ2n) is 5.64. The van der Waals surface area contributed by atoms with Gasteiger partial charge in [-0.25, -0.2) is 15.1 Å². The molecular weight excluding hydrogens is 310 g/mol. The van der Waals surface area contributed by atoms with E-state index in [1.165, 1.54) is 17.1 Å². The topological polar surface area (TPSA) is 106 Å². The molecule has 0 saturated carbocycles. The van der Waals surface area contributed by atoms with Crippen molar-refractivity contribution in [1.29, 1.82) is 0 Å². The zero-order chi connectivity index (χ0) is 17.1. The number of hydroxylamine groups is 1. The van der Waals surface area contributed by atoms with Crippen LogP contribution in [-0.4, -0.2) is 31.1 Å². The van der Waals surface area contributed by atoms with Crippen LogP contribution in [0.3, 0.4) is 0 Å². The molecular formula is C16H17N5O3. The first-order valence-corrected chi connectivity index (χ1v) is 7.47. The molecule has 124 valence electrons. The van der Waals surface area contributed by atoms with Crippen LogP contribution < -0.4 is 5.48 Å². The standard InChI is InChI=1S/C16H17N5O3/c1-10(2)11-3-5-13-14(7-11)24-16(17-13)9-21-8-12(18-20-21)4-6-15(22)19-23/h3-8,10,23H,9H2,1-2H3,(H,19,22). The van der Waals surface area contributed by atoms with Crippen LogP contribution >= 0.6 is 0 Å². The van der Waals surface area contributed by atoms with Crippen LogP contribution in [0.1, 0.15) is 36.9 Å². The van der Waals surface area contributed by atoms with E-state index >= 15 is 0 Å². The van der Waals surface area contributed by atoms with Gasteiger partial charge < -0.3 is 4.42 Å². The van der Waals surface area contributed by atoms with Gasteiger partial charge in [-0.2, -0.15) is 0 Å². The van der Waals surface area contributed by atoms with E-state index in [2.05, 4.69) is 29.1 Å². The second-order valence-corrected chi connectivity index (χ2v) is 5.64. The van der Waals surface area contributed by atoms with Crippen molar-refractivity contribution in [2.75, 3.05) is 0 Å². The van der Waals surface area contributed by atoms with Crippen LogP contribution in [0.4, 0.5) is 0 Å². The van der Waals surface area contributed by atoms with Gasteiger partial charge in [0.1, 0.15) is 17.8 Å². The van der Waals surface area contributed by atoms with Crippen molar-refractivity contribution in [2.24, 2.45) is 0 Å². The number of fused-ring (bicyclic) bond motifs is 1. The molecule has 2 aromatic heterocycles. The summed E-state index contributed by atoms with van der Waals surface area (Å²) in [6.45, 7) is 4.58. The van der Waals surface area contributed by atoms with Crippen molar-refractivity contribution in [3.05, 3.63) is 47.6 Å². The smallest absolute Gasteiger partial charge is 0.267 e. The molecule has 2 heterocycles. The van der Waals surface area contributed by atoms with E-state index in [0.29, 0.717) is 24.0 Å². The summed E-state index contributed by atoms with van der Waals surface area (Å²) in [7, 11) is 0. The molecule has 0 saturated heterocycles. The lowest BCUT2D eigenvalue weighted by Gasteiger charge is -2.02. The minimum absolute atomic E-state index is 0.332. The lowest BCUT2D eigenvalue weighted by atomic mass is 10.0. The highest BCUT2D eigenvalue weighted by Crippen LogP contribution is 2.22. The highest BCUT2D eigenvalue weighted by Gasteiger charge is 2.09. The maximum atomic E-state index is 10.9. The molecule has 8 heteroatoms. The minimum atomic E-state index is -0.635. The summed E-state index contributed by atoms with van der Waals surface area (Å²) < 4.78 is 7.33. The van der Waals surface area contributed by atoms with Crippen LogP contribution in [0.25, 0.3) is 17.2 Å². The summed E-state index contributed by atoms with van der Waals surface area (Å²) >= 11 is 0. The summed E-state index contributed by atoms with van der Waals surface area (Å²) in [5, 5.41) is 16.3. The molecule has 8 nitrogen and oxygen atoms in total.